The summed E-state index contributed by atoms with van der Waals surface area (Å²) in [7, 11) is 0. The van der Waals surface area contributed by atoms with Gasteiger partial charge in [0.05, 0.1) is 0 Å². The van der Waals surface area contributed by atoms with Crippen LogP contribution in [0.2, 0.25) is 0 Å². The van der Waals surface area contributed by atoms with Gasteiger partial charge in [-0.25, -0.2) is 0 Å². The molecule has 1 aromatic rings. The van der Waals surface area contributed by atoms with Crippen LogP contribution in [0.5, 0.6) is 0 Å². The summed E-state index contributed by atoms with van der Waals surface area (Å²) in [5.41, 5.74) is 3.67. The number of allylic oxidation sites excluding steroid dienone is 3. The molecule has 0 saturated heterocycles. The van der Waals surface area contributed by atoms with Gasteiger partial charge in [0.25, 0.3) is 0 Å². The molecule has 12 heavy (non-hydrogen) atoms. The van der Waals surface area contributed by atoms with Gasteiger partial charge in [0.2, 0.25) is 0 Å². The quantitative estimate of drug-likeness (QED) is 0.563. The van der Waals surface area contributed by atoms with Crippen molar-refractivity contribution in [2.24, 2.45) is 0 Å². The van der Waals surface area contributed by atoms with Crippen LogP contribution < -0.4 is 0 Å². The Labute approximate surface area is 72.5 Å². The highest BCUT2D eigenvalue weighted by atomic mass is 14.7. The molecule has 0 unspecified atom stereocenters. The molecule has 1 heteroatoms. The van der Waals surface area contributed by atoms with Gasteiger partial charge in [-0.05, 0) is 18.1 Å². The van der Waals surface area contributed by atoms with Crippen LogP contribution in [0.1, 0.15) is 11.3 Å². The fraction of sp³-hybridized carbons (Fsp3) is 0.182. The summed E-state index contributed by atoms with van der Waals surface area (Å²) in [6.07, 6.45) is 7.94. The minimum Gasteiger partial charge on any atom is -0.261 e. The Hall–Kier alpha value is -1.37. The molecule has 2 rings (SSSR count). The third-order valence-electron chi connectivity index (χ3n) is 2.07. The summed E-state index contributed by atoms with van der Waals surface area (Å²) in [5, 5.41) is 0. The van der Waals surface area contributed by atoms with E-state index >= 15 is 0 Å². The predicted octanol–water partition coefficient (Wildman–Crippen LogP) is 2.29. The molecule has 0 bridgehead atoms. The van der Waals surface area contributed by atoms with Gasteiger partial charge in [-0.15, -0.1) is 0 Å². The van der Waals surface area contributed by atoms with E-state index in [1.165, 1.54) is 16.8 Å². The molecule has 0 fully saturated rings. The molecule has 1 nitrogen and oxygen atoms in total. The highest BCUT2D eigenvalue weighted by molar-refractivity contribution is 5.33. The first kappa shape index (κ1) is 7.29. The van der Waals surface area contributed by atoms with Crippen molar-refractivity contribution in [1.29, 1.82) is 0 Å². The Morgan fingerprint density at radius 3 is 3.25 bits per heavy atom. The first-order valence-corrected chi connectivity index (χ1v) is 4.13. The Morgan fingerprint density at radius 1 is 1.42 bits per heavy atom. The van der Waals surface area contributed by atoms with Gasteiger partial charge in [0.15, 0.2) is 0 Å². The lowest BCUT2D eigenvalue weighted by Crippen LogP contribution is -1.93. The molecule has 0 spiro atoms. The highest BCUT2D eigenvalue weighted by Gasteiger charge is 2.05. The van der Waals surface area contributed by atoms with E-state index in [1.807, 2.05) is 12.3 Å². The lowest BCUT2D eigenvalue weighted by molar-refractivity contribution is 1.05. The van der Waals surface area contributed by atoms with Crippen LogP contribution in [0.4, 0.5) is 0 Å². The molecule has 0 N–H and O–H groups in total. The molecule has 1 aromatic heterocycles. The van der Waals surface area contributed by atoms with E-state index in [0.29, 0.717) is 0 Å². The van der Waals surface area contributed by atoms with Crippen molar-refractivity contribution < 1.29 is 0 Å². The maximum absolute atomic E-state index is 4.32. The van der Waals surface area contributed by atoms with E-state index < -0.39 is 0 Å². The van der Waals surface area contributed by atoms with Crippen molar-refractivity contribution in [2.45, 2.75) is 12.8 Å². The van der Waals surface area contributed by atoms with Crippen LogP contribution in [0, 0.1) is 0 Å². The number of nitrogens with zero attached hydrogens (tertiary/aromatic N) is 1. The van der Waals surface area contributed by atoms with Crippen molar-refractivity contribution in [3.8, 4) is 0 Å². The molecule has 0 atom stereocenters. The van der Waals surface area contributed by atoms with E-state index in [9.17, 15) is 0 Å². The molecular weight excluding hydrogens is 146 g/mol. The van der Waals surface area contributed by atoms with Gasteiger partial charge in [0, 0.05) is 18.3 Å². The molecule has 0 amide bonds. The van der Waals surface area contributed by atoms with Crippen molar-refractivity contribution in [3.63, 3.8) is 0 Å². The van der Waals surface area contributed by atoms with Gasteiger partial charge < -0.3 is 0 Å². The smallest absolute Gasteiger partial charge is 0.0476 e. The van der Waals surface area contributed by atoms with Gasteiger partial charge in [-0.1, -0.05) is 30.4 Å². The van der Waals surface area contributed by atoms with Crippen LogP contribution in [0.25, 0.3) is 0 Å². The zero-order valence-electron chi connectivity index (χ0n) is 6.96. The van der Waals surface area contributed by atoms with E-state index in [1.54, 1.807) is 0 Å². The van der Waals surface area contributed by atoms with Crippen molar-refractivity contribution in [3.05, 3.63) is 53.9 Å². The number of rotatable bonds is 0. The third-order valence-corrected chi connectivity index (χ3v) is 2.07. The molecular formula is C11H11N. The molecule has 1 heterocycles. The van der Waals surface area contributed by atoms with Gasteiger partial charge in [0.1, 0.15) is 0 Å². The largest absolute Gasteiger partial charge is 0.261 e. The van der Waals surface area contributed by atoms with E-state index in [2.05, 4.69) is 29.8 Å². The average Bonchev–Trinajstić information content (AvgIpc) is 2.25. The summed E-state index contributed by atoms with van der Waals surface area (Å²) >= 11 is 0. The van der Waals surface area contributed by atoms with Gasteiger partial charge in [-0.2, -0.15) is 0 Å². The monoisotopic (exact) mass is 157 g/mol. The number of hydrogen-bond donors (Lipinski definition) is 0. The molecule has 0 aromatic carbocycles. The van der Waals surface area contributed by atoms with E-state index in [4.69, 9.17) is 0 Å². The number of hydrogen-bond acceptors (Lipinski definition) is 1. The minimum absolute atomic E-state index is 0.940. The minimum atomic E-state index is 0.940. The zero-order valence-corrected chi connectivity index (χ0v) is 6.96. The average molecular weight is 157 g/mol. The fourth-order valence-electron chi connectivity index (χ4n) is 1.46. The number of aromatic nitrogens is 1. The highest BCUT2D eigenvalue weighted by Crippen LogP contribution is 2.15. The van der Waals surface area contributed by atoms with Crippen LogP contribution in [0.3, 0.4) is 0 Å². The van der Waals surface area contributed by atoms with Gasteiger partial charge >= 0.3 is 0 Å². The Kier molecular flexibility index (Phi) is 1.78. The predicted molar refractivity (Wildman–Crippen MR) is 49.9 cm³/mol. The second kappa shape index (κ2) is 2.94. The SMILES string of the molecule is C=C1C=CCc2ncccc2C1. The Bertz CT molecular complexity index is 337. The number of fused-ring (bicyclic) bond motifs is 1. The molecule has 0 aliphatic heterocycles. The molecule has 1 aliphatic rings. The molecule has 0 saturated carbocycles. The lowest BCUT2D eigenvalue weighted by atomic mass is 10.1. The molecule has 0 radical (unpaired) electrons. The fourth-order valence-corrected chi connectivity index (χ4v) is 1.46. The van der Waals surface area contributed by atoms with Crippen LogP contribution >= 0.6 is 0 Å². The standard InChI is InChI=1S/C11H11N/c1-9-4-2-6-11-10(8-9)5-3-7-12-11/h2-5,7H,1,6,8H2. The molecule has 1 aliphatic carbocycles. The van der Waals surface area contributed by atoms with Crippen LogP contribution in [0.15, 0.2) is 42.6 Å². The zero-order chi connectivity index (χ0) is 8.39. The lowest BCUT2D eigenvalue weighted by Gasteiger charge is -2.02. The van der Waals surface area contributed by atoms with Crippen LogP contribution in [-0.4, -0.2) is 4.98 Å². The van der Waals surface area contributed by atoms with Crippen LogP contribution in [-0.2, 0) is 12.8 Å². The normalized spacial score (nSPS) is 15.5. The van der Waals surface area contributed by atoms with Crippen molar-refractivity contribution in [1.82, 2.24) is 4.98 Å². The summed E-state index contributed by atoms with van der Waals surface area (Å²) < 4.78 is 0. The summed E-state index contributed by atoms with van der Waals surface area (Å²) in [5.74, 6) is 0. The first-order valence-electron chi connectivity index (χ1n) is 4.13. The maximum Gasteiger partial charge on any atom is 0.0476 e. The van der Waals surface area contributed by atoms with E-state index in [-0.39, 0.29) is 0 Å². The maximum atomic E-state index is 4.32. The number of pyridine rings is 1. The Balaban J connectivity index is 2.44. The summed E-state index contributed by atoms with van der Waals surface area (Å²) in [4.78, 5) is 4.32. The third kappa shape index (κ3) is 1.30. The van der Waals surface area contributed by atoms with Gasteiger partial charge in [-0.3, -0.25) is 4.98 Å². The second-order valence-corrected chi connectivity index (χ2v) is 3.05. The second-order valence-electron chi connectivity index (χ2n) is 3.05. The molecule has 60 valence electrons. The first-order chi connectivity index (χ1) is 5.86. The Morgan fingerprint density at radius 2 is 2.33 bits per heavy atom. The van der Waals surface area contributed by atoms with E-state index in [0.717, 1.165) is 12.8 Å². The summed E-state index contributed by atoms with van der Waals surface area (Å²) in [6, 6.07) is 4.11. The topological polar surface area (TPSA) is 12.9 Å². The van der Waals surface area contributed by atoms with Crippen molar-refractivity contribution >= 4 is 0 Å². The van der Waals surface area contributed by atoms with Crippen molar-refractivity contribution in [2.75, 3.05) is 0 Å². The summed E-state index contributed by atoms with van der Waals surface area (Å²) in [6.45, 7) is 3.96.